The number of anilines is 2. The topological polar surface area (TPSA) is 93.8 Å². The van der Waals surface area contributed by atoms with Gasteiger partial charge in [0.05, 0.1) is 7.11 Å². The third-order valence-corrected chi connectivity index (χ3v) is 2.52. The molecule has 0 bridgehead atoms. The first kappa shape index (κ1) is 13.5. The second-order valence-corrected chi connectivity index (χ2v) is 3.97. The van der Waals surface area contributed by atoms with E-state index in [9.17, 15) is 4.79 Å². The molecule has 4 N–H and O–H groups in total. The molecule has 0 saturated carbocycles. The van der Waals surface area contributed by atoms with Crippen molar-refractivity contribution in [2.45, 2.75) is 0 Å². The second-order valence-electron chi connectivity index (χ2n) is 3.97. The van der Waals surface area contributed by atoms with Gasteiger partial charge in [-0.15, -0.1) is 0 Å². The molecule has 2 rings (SSSR count). The van der Waals surface area contributed by atoms with E-state index in [0.29, 0.717) is 28.6 Å². The monoisotopic (exact) mass is 274 g/mol. The van der Waals surface area contributed by atoms with Crippen LogP contribution in [0.5, 0.6) is 17.2 Å². The number of hydrogen-bond donors (Lipinski definition) is 3. The molecule has 6 nitrogen and oxygen atoms in total. The van der Waals surface area contributed by atoms with Crippen LogP contribution in [0.25, 0.3) is 0 Å². The Kier molecular flexibility index (Phi) is 3.95. The first-order chi connectivity index (χ1) is 9.58. The number of nitrogen functional groups attached to an aromatic ring is 1. The molecule has 20 heavy (non-hydrogen) atoms. The van der Waals surface area contributed by atoms with E-state index in [4.69, 9.17) is 20.3 Å². The normalized spacial score (nSPS) is 9.85. The van der Waals surface area contributed by atoms with Gasteiger partial charge in [-0.2, -0.15) is 0 Å². The minimum Gasteiger partial charge on any atom is -0.493 e. The molecule has 0 aliphatic rings. The van der Waals surface area contributed by atoms with E-state index in [-0.39, 0.29) is 0 Å². The van der Waals surface area contributed by atoms with Gasteiger partial charge in [-0.05, 0) is 36.4 Å². The van der Waals surface area contributed by atoms with E-state index in [2.05, 4.69) is 5.32 Å². The molecule has 0 spiro atoms. The summed E-state index contributed by atoms with van der Waals surface area (Å²) in [6, 6.07) is 11.7. The minimum absolute atomic E-state index is 0.402. The van der Waals surface area contributed by atoms with Gasteiger partial charge in [0, 0.05) is 17.4 Å². The molecular weight excluding hydrogens is 260 g/mol. The maximum Gasteiger partial charge on any atom is 0.409 e. The lowest BCUT2D eigenvalue weighted by molar-refractivity contribution is 0.209. The average Bonchev–Trinajstić information content (AvgIpc) is 2.42. The molecule has 6 heteroatoms. The van der Waals surface area contributed by atoms with Crippen LogP contribution < -0.4 is 20.5 Å². The first-order valence-electron chi connectivity index (χ1n) is 5.80. The number of hydrogen-bond acceptors (Lipinski definition) is 4. The van der Waals surface area contributed by atoms with Crippen LogP contribution in [0.1, 0.15) is 0 Å². The summed E-state index contributed by atoms with van der Waals surface area (Å²) in [7, 11) is 1.48. The first-order valence-corrected chi connectivity index (χ1v) is 5.80. The largest absolute Gasteiger partial charge is 0.493 e. The number of methoxy groups -OCH3 is 1. The van der Waals surface area contributed by atoms with Gasteiger partial charge in [0.2, 0.25) is 0 Å². The van der Waals surface area contributed by atoms with Gasteiger partial charge < -0.3 is 20.3 Å². The number of nitrogens with two attached hydrogens (primary N) is 1. The lowest BCUT2D eigenvalue weighted by atomic mass is 10.2. The molecule has 0 radical (unpaired) electrons. The number of amides is 1. The number of rotatable bonds is 4. The molecule has 1 amide bonds. The van der Waals surface area contributed by atoms with Crippen molar-refractivity contribution in [1.82, 2.24) is 0 Å². The SMILES string of the molecule is COc1cc(NC(=O)O)ccc1Oc1ccc(N)cc1. The predicted octanol–water partition coefficient (Wildman–Crippen LogP) is 3.16. The molecule has 0 saturated heterocycles. The molecule has 2 aromatic carbocycles. The van der Waals surface area contributed by atoms with Crippen molar-refractivity contribution in [1.29, 1.82) is 0 Å². The van der Waals surface area contributed by atoms with E-state index in [1.54, 1.807) is 42.5 Å². The van der Waals surface area contributed by atoms with Gasteiger partial charge in [0.25, 0.3) is 0 Å². The van der Waals surface area contributed by atoms with Gasteiger partial charge in [0.1, 0.15) is 5.75 Å². The Labute approximate surface area is 115 Å². The summed E-state index contributed by atoms with van der Waals surface area (Å²) in [4.78, 5) is 10.6. The summed E-state index contributed by atoms with van der Waals surface area (Å²) in [5, 5.41) is 10.9. The van der Waals surface area contributed by atoms with Crippen molar-refractivity contribution in [2.24, 2.45) is 0 Å². The Morgan fingerprint density at radius 3 is 2.45 bits per heavy atom. The van der Waals surface area contributed by atoms with Crippen molar-refractivity contribution < 1.29 is 19.4 Å². The van der Waals surface area contributed by atoms with Crippen molar-refractivity contribution in [3.8, 4) is 17.2 Å². The minimum atomic E-state index is -1.14. The Balaban J connectivity index is 2.23. The molecular formula is C14H14N2O4. The second kappa shape index (κ2) is 5.83. The maximum atomic E-state index is 10.6. The zero-order valence-electron chi connectivity index (χ0n) is 10.8. The lowest BCUT2D eigenvalue weighted by Crippen LogP contribution is -2.07. The quantitative estimate of drug-likeness (QED) is 0.744. The predicted molar refractivity (Wildman–Crippen MR) is 75.6 cm³/mol. The highest BCUT2D eigenvalue weighted by molar-refractivity contribution is 5.83. The molecule has 2 aromatic rings. The van der Waals surface area contributed by atoms with Crippen LogP contribution in [0, 0.1) is 0 Å². The molecule has 0 fully saturated rings. The molecule has 0 aromatic heterocycles. The summed E-state index contributed by atoms with van der Waals surface area (Å²) in [6.07, 6.45) is -1.14. The van der Waals surface area contributed by atoms with Crippen molar-refractivity contribution >= 4 is 17.5 Å². The van der Waals surface area contributed by atoms with E-state index >= 15 is 0 Å². The highest BCUT2D eigenvalue weighted by Crippen LogP contribution is 2.34. The van der Waals surface area contributed by atoms with Crippen LogP contribution in [0.2, 0.25) is 0 Å². The molecule has 0 aliphatic carbocycles. The smallest absolute Gasteiger partial charge is 0.409 e. The Morgan fingerprint density at radius 1 is 1.15 bits per heavy atom. The highest BCUT2D eigenvalue weighted by atomic mass is 16.5. The van der Waals surface area contributed by atoms with Gasteiger partial charge in [0.15, 0.2) is 11.5 Å². The summed E-state index contributed by atoms with van der Waals surface area (Å²) >= 11 is 0. The van der Waals surface area contributed by atoms with Crippen LogP contribution in [0.3, 0.4) is 0 Å². The Morgan fingerprint density at radius 2 is 1.85 bits per heavy atom. The number of ether oxygens (including phenoxy) is 2. The molecule has 0 aliphatic heterocycles. The van der Waals surface area contributed by atoms with E-state index in [1.807, 2.05) is 0 Å². The van der Waals surface area contributed by atoms with Crippen LogP contribution in [0.15, 0.2) is 42.5 Å². The fraction of sp³-hybridized carbons (Fsp3) is 0.0714. The number of nitrogens with one attached hydrogen (secondary N) is 1. The zero-order valence-corrected chi connectivity index (χ0v) is 10.8. The summed E-state index contributed by atoms with van der Waals surface area (Å²) in [5.74, 6) is 1.51. The lowest BCUT2D eigenvalue weighted by Gasteiger charge is -2.12. The van der Waals surface area contributed by atoms with E-state index < -0.39 is 6.09 Å². The standard InChI is InChI=1S/C14H14N2O4/c1-19-13-8-10(16-14(17)18)4-7-12(13)20-11-5-2-9(15)3-6-11/h2-8,16H,15H2,1H3,(H,17,18). The van der Waals surface area contributed by atoms with Gasteiger partial charge in [-0.25, -0.2) is 4.79 Å². The number of carbonyl (C=O) groups is 1. The summed E-state index contributed by atoms with van der Waals surface area (Å²) < 4.78 is 10.8. The molecule has 0 atom stereocenters. The fourth-order valence-corrected chi connectivity index (χ4v) is 1.62. The van der Waals surface area contributed by atoms with Gasteiger partial charge in [-0.3, -0.25) is 5.32 Å². The molecule has 0 unspecified atom stereocenters. The third-order valence-electron chi connectivity index (χ3n) is 2.52. The maximum absolute atomic E-state index is 10.6. The van der Waals surface area contributed by atoms with Crippen LogP contribution >= 0.6 is 0 Å². The van der Waals surface area contributed by atoms with Gasteiger partial charge >= 0.3 is 6.09 Å². The van der Waals surface area contributed by atoms with Crippen LogP contribution in [-0.2, 0) is 0 Å². The van der Waals surface area contributed by atoms with Crippen molar-refractivity contribution in [3.05, 3.63) is 42.5 Å². The zero-order chi connectivity index (χ0) is 14.5. The summed E-state index contributed by atoms with van der Waals surface area (Å²) in [6.45, 7) is 0. The van der Waals surface area contributed by atoms with Crippen LogP contribution in [0.4, 0.5) is 16.2 Å². The Hall–Kier alpha value is -2.89. The summed E-state index contributed by atoms with van der Waals surface area (Å²) in [5.41, 5.74) is 6.64. The van der Waals surface area contributed by atoms with Gasteiger partial charge in [-0.1, -0.05) is 0 Å². The number of carboxylic acid groups (broad SMARTS) is 1. The van der Waals surface area contributed by atoms with Crippen molar-refractivity contribution in [2.75, 3.05) is 18.2 Å². The Bertz CT molecular complexity index is 611. The van der Waals surface area contributed by atoms with Crippen molar-refractivity contribution in [3.63, 3.8) is 0 Å². The van der Waals surface area contributed by atoms with E-state index in [1.165, 1.54) is 7.11 Å². The fourth-order valence-electron chi connectivity index (χ4n) is 1.62. The van der Waals surface area contributed by atoms with E-state index in [0.717, 1.165) is 0 Å². The molecule has 104 valence electrons. The molecule has 0 heterocycles. The average molecular weight is 274 g/mol. The van der Waals surface area contributed by atoms with Crippen LogP contribution in [-0.4, -0.2) is 18.3 Å². The number of benzene rings is 2. The highest BCUT2D eigenvalue weighted by Gasteiger charge is 2.08. The third kappa shape index (κ3) is 3.32.